The third-order valence-electron chi connectivity index (χ3n) is 5.92. The lowest BCUT2D eigenvalue weighted by molar-refractivity contribution is -0.387. The van der Waals surface area contributed by atoms with Crippen molar-refractivity contribution in [3.8, 4) is 0 Å². The second-order valence-corrected chi connectivity index (χ2v) is 10.4. The Labute approximate surface area is 201 Å². The number of amides is 1. The van der Waals surface area contributed by atoms with Gasteiger partial charge in [-0.3, -0.25) is 24.3 Å². The number of rotatable bonds is 6. The molecule has 1 amide bonds. The highest BCUT2D eigenvalue weighted by Crippen LogP contribution is 2.39. The van der Waals surface area contributed by atoms with E-state index in [2.05, 4.69) is 6.92 Å². The van der Waals surface area contributed by atoms with E-state index in [0.29, 0.717) is 27.1 Å². The molecule has 1 atom stereocenters. The second-order valence-electron chi connectivity index (χ2n) is 8.30. The number of thiophene rings is 1. The number of hydrogen-bond acceptors (Lipinski definition) is 8. The number of carbonyl (C=O) groups is 1. The number of fused-ring (bicyclic) bond motifs is 3. The summed E-state index contributed by atoms with van der Waals surface area (Å²) < 4.78 is 6.97. The molecule has 3 heterocycles. The summed E-state index contributed by atoms with van der Waals surface area (Å²) in [5.74, 6) is 0.361. The molecule has 3 aromatic heterocycles. The molecule has 0 aliphatic heterocycles. The molecule has 1 aliphatic rings. The lowest BCUT2D eigenvalue weighted by Crippen LogP contribution is -2.24. The summed E-state index contributed by atoms with van der Waals surface area (Å²) in [6, 6.07) is 7.53. The number of nitro groups is 1. The minimum atomic E-state index is -0.757. The van der Waals surface area contributed by atoms with E-state index >= 15 is 0 Å². The number of nitro benzene ring substituents is 1. The summed E-state index contributed by atoms with van der Waals surface area (Å²) in [6.07, 6.45) is 4.29. The Morgan fingerprint density at radius 1 is 1.41 bits per heavy atom. The van der Waals surface area contributed by atoms with Gasteiger partial charge in [0.05, 0.1) is 28.0 Å². The zero-order chi connectivity index (χ0) is 24.0. The molecular weight excluding hydrogens is 476 g/mol. The van der Waals surface area contributed by atoms with Crippen LogP contribution in [0, 0.1) is 16.0 Å². The van der Waals surface area contributed by atoms with Crippen LogP contribution in [0.2, 0.25) is 0 Å². The van der Waals surface area contributed by atoms with Crippen molar-refractivity contribution in [3.63, 3.8) is 0 Å². The maximum atomic E-state index is 13.7. The van der Waals surface area contributed by atoms with Crippen molar-refractivity contribution in [3.05, 3.63) is 78.8 Å². The summed E-state index contributed by atoms with van der Waals surface area (Å²) in [5.41, 5.74) is 5.93. The van der Waals surface area contributed by atoms with Crippen molar-refractivity contribution < 1.29 is 14.1 Å². The number of primary amides is 1. The zero-order valence-electron chi connectivity index (χ0n) is 18.1. The van der Waals surface area contributed by atoms with E-state index in [1.807, 2.05) is 0 Å². The van der Waals surface area contributed by atoms with Crippen molar-refractivity contribution in [2.24, 2.45) is 11.7 Å². The van der Waals surface area contributed by atoms with Gasteiger partial charge < -0.3 is 10.2 Å². The lowest BCUT2D eigenvalue weighted by atomic mass is 9.89. The molecule has 4 aromatic rings. The normalized spacial score (nSPS) is 15.4. The Bertz CT molecular complexity index is 1490. The van der Waals surface area contributed by atoms with Crippen LogP contribution in [0.25, 0.3) is 10.2 Å². The predicted octanol–water partition coefficient (Wildman–Crippen LogP) is 4.38. The standard InChI is InChI=1S/C23H20N4O5S2/c1-12-4-6-15-18(9-12)33-21-19(15)22(29)26(11-14-3-2-8-32-14)23(25-21)34-17-7-5-13(20(24)28)10-16(17)27(30)31/h2-3,5,7-8,10,12H,4,6,9,11H2,1H3,(H2,24,28)/t12-/m1/s1. The average Bonchev–Trinajstić information content (AvgIpc) is 3.43. The van der Waals surface area contributed by atoms with E-state index in [1.165, 1.54) is 39.2 Å². The first-order chi connectivity index (χ1) is 16.3. The highest BCUT2D eigenvalue weighted by Gasteiger charge is 2.26. The molecule has 9 nitrogen and oxygen atoms in total. The topological polar surface area (TPSA) is 134 Å². The first kappa shape index (κ1) is 22.4. The lowest BCUT2D eigenvalue weighted by Gasteiger charge is -2.17. The van der Waals surface area contributed by atoms with Gasteiger partial charge in [0.25, 0.3) is 11.2 Å². The first-order valence-corrected chi connectivity index (χ1v) is 12.3. The quantitative estimate of drug-likeness (QED) is 0.238. The molecule has 1 aromatic carbocycles. The van der Waals surface area contributed by atoms with Gasteiger partial charge >= 0.3 is 0 Å². The summed E-state index contributed by atoms with van der Waals surface area (Å²) >= 11 is 2.53. The molecule has 0 unspecified atom stereocenters. The van der Waals surface area contributed by atoms with Crippen LogP contribution < -0.4 is 11.3 Å². The highest BCUT2D eigenvalue weighted by molar-refractivity contribution is 7.99. The van der Waals surface area contributed by atoms with E-state index in [1.54, 1.807) is 12.1 Å². The molecule has 11 heteroatoms. The summed E-state index contributed by atoms with van der Waals surface area (Å²) in [7, 11) is 0. The van der Waals surface area contributed by atoms with Crippen molar-refractivity contribution in [2.75, 3.05) is 0 Å². The summed E-state index contributed by atoms with van der Waals surface area (Å²) in [4.78, 5) is 43.2. The Kier molecular flexibility index (Phi) is 5.74. The van der Waals surface area contributed by atoms with Crippen LogP contribution in [0.3, 0.4) is 0 Å². The Balaban J connectivity index is 1.68. The third-order valence-corrected chi connectivity index (χ3v) is 8.12. The van der Waals surface area contributed by atoms with Crippen molar-refractivity contribution in [2.45, 2.75) is 42.8 Å². The largest absolute Gasteiger partial charge is 0.467 e. The SMILES string of the molecule is C[C@@H]1CCc2c(sc3nc(Sc4ccc(C(N)=O)cc4[N+](=O)[O-])n(Cc4ccco4)c(=O)c23)C1. The van der Waals surface area contributed by atoms with Crippen molar-refractivity contribution in [1.29, 1.82) is 0 Å². The van der Waals surface area contributed by atoms with Gasteiger partial charge in [0.15, 0.2) is 5.16 Å². The van der Waals surface area contributed by atoms with Gasteiger partial charge in [-0.25, -0.2) is 4.98 Å². The molecular formula is C23H20N4O5S2. The van der Waals surface area contributed by atoms with Crippen LogP contribution in [-0.4, -0.2) is 20.4 Å². The van der Waals surface area contributed by atoms with Gasteiger partial charge in [-0.2, -0.15) is 0 Å². The van der Waals surface area contributed by atoms with Gasteiger partial charge in [0.2, 0.25) is 5.91 Å². The number of hydrogen-bond donors (Lipinski definition) is 1. The summed E-state index contributed by atoms with van der Waals surface area (Å²) in [6.45, 7) is 2.34. The molecule has 0 spiro atoms. The third kappa shape index (κ3) is 4.01. The molecule has 2 N–H and O–H groups in total. The average molecular weight is 497 g/mol. The number of aromatic nitrogens is 2. The molecule has 0 bridgehead atoms. The minimum Gasteiger partial charge on any atom is -0.467 e. The maximum absolute atomic E-state index is 13.7. The molecule has 0 saturated carbocycles. The van der Waals surface area contributed by atoms with Crippen LogP contribution in [0.5, 0.6) is 0 Å². The number of benzene rings is 1. The molecule has 174 valence electrons. The number of aryl methyl sites for hydroxylation is 1. The maximum Gasteiger partial charge on any atom is 0.284 e. The van der Waals surface area contributed by atoms with Gasteiger partial charge in [-0.15, -0.1) is 11.3 Å². The van der Waals surface area contributed by atoms with E-state index in [0.717, 1.165) is 42.7 Å². The number of carbonyl (C=O) groups excluding carboxylic acids is 1. The fraction of sp³-hybridized carbons (Fsp3) is 0.261. The number of nitrogens with two attached hydrogens (primary N) is 1. The van der Waals surface area contributed by atoms with E-state index < -0.39 is 10.8 Å². The van der Waals surface area contributed by atoms with Gasteiger partial charge in [-0.1, -0.05) is 6.92 Å². The minimum absolute atomic E-state index is 0.0347. The number of furan rings is 1. The monoisotopic (exact) mass is 496 g/mol. The summed E-state index contributed by atoms with van der Waals surface area (Å²) in [5, 5.41) is 12.7. The Hall–Kier alpha value is -3.44. The highest BCUT2D eigenvalue weighted by atomic mass is 32.2. The van der Waals surface area contributed by atoms with Crippen molar-refractivity contribution >= 4 is 44.9 Å². The van der Waals surface area contributed by atoms with Crippen LogP contribution in [0.1, 0.15) is 39.9 Å². The fourth-order valence-electron chi connectivity index (χ4n) is 4.18. The van der Waals surface area contributed by atoms with Crippen molar-refractivity contribution in [1.82, 2.24) is 9.55 Å². The Morgan fingerprint density at radius 3 is 2.94 bits per heavy atom. The van der Waals surface area contributed by atoms with Gasteiger partial charge in [-0.05, 0) is 66.8 Å². The van der Waals surface area contributed by atoms with Gasteiger partial charge in [0.1, 0.15) is 10.6 Å². The molecule has 5 rings (SSSR count). The Morgan fingerprint density at radius 2 is 2.24 bits per heavy atom. The number of nitrogens with zero attached hydrogens (tertiary/aromatic N) is 3. The molecule has 0 radical (unpaired) electrons. The first-order valence-electron chi connectivity index (χ1n) is 10.7. The predicted molar refractivity (Wildman–Crippen MR) is 129 cm³/mol. The van der Waals surface area contributed by atoms with E-state index in [9.17, 15) is 19.7 Å². The van der Waals surface area contributed by atoms with E-state index in [-0.39, 0.29) is 28.3 Å². The van der Waals surface area contributed by atoms with Crippen LogP contribution >= 0.6 is 23.1 Å². The molecule has 34 heavy (non-hydrogen) atoms. The van der Waals surface area contributed by atoms with Crippen LogP contribution in [-0.2, 0) is 19.4 Å². The fourth-order valence-corrected chi connectivity index (χ4v) is 6.57. The smallest absolute Gasteiger partial charge is 0.284 e. The van der Waals surface area contributed by atoms with E-state index in [4.69, 9.17) is 15.1 Å². The second kappa shape index (κ2) is 8.73. The molecule has 0 fully saturated rings. The molecule has 0 saturated heterocycles. The van der Waals surface area contributed by atoms with Crippen LogP contribution in [0.15, 0.2) is 55.9 Å². The zero-order valence-corrected chi connectivity index (χ0v) is 19.8. The van der Waals surface area contributed by atoms with Gasteiger partial charge in [0, 0.05) is 16.5 Å². The molecule has 1 aliphatic carbocycles. The van der Waals surface area contributed by atoms with Crippen LogP contribution in [0.4, 0.5) is 5.69 Å².